The van der Waals surface area contributed by atoms with Crippen LogP contribution in [0.4, 0.5) is 9.18 Å². The zero-order chi connectivity index (χ0) is 22.2. The normalized spacial score (nSPS) is 19.5. The van der Waals surface area contributed by atoms with E-state index in [1.54, 1.807) is 17.0 Å². The predicted octanol–water partition coefficient (Wildman–Crippen LogP) is 4.97. The van der Waals surface area contributed by atoms with E-state index < -0.39 is 0 Å². The number of nitrogens with one attached hydrogen (secondary N) is 2. The Morgan fingerprint density at radius 2 is 1.81 bits per heavy atom. The average molecular weight is 426 g/mol. The maximum Gasteiger partial charge on any atom is 0.317 e. The molecule has 5 nitrogen and oxygen atoms in total. The van der Waals surface area contributed by atoms with Crippen LogP contribution < -0.4 is 10.6 Å². The number of carbonyl (C=O) groups excluding carboxylic acids is 2. The SMILES string of the molecule is CCCCNC(=O)N1C[C@H](C(=O)N[C@H](C)c2ccccc2)CC[C@@H]1c1ccc(F)cc1. The molecule has 1 aliphatic heterocycles. The first-order valence-corrected chi connectivity index (χ1v) is 11.1. The minimum absolute atomic E-state index is 0.0414. The fourth-order valence-electron chi connectivity index (χ4n) is 4.07. The third kappa shape index (κ3) is 6.06. The lowest BCUT2D eigenvalue weighted by atomic mass is 9.88. The van der Waals surface area contributed by atoms with Gasteiger partial charge in [0.15, 0.2) is 0 Å². The number of piperidine rings is 1. The Kier molecular flexibility index (Phi) is 8.04. The summed E-state index contributed by atoms with van der Waals surface area (Å²) in [5.41, 5.74) is 1.94. The fourth-order valence-corrected chi connectivity index (χ4v) is 4.07. The molecule has 1 fully saturated rings. The van der Waals surface area contributed by atoms with Gasteiger partial charge in [0.2, 0.25) is 5.91 Å². The lowest BCUT2D eigenvalue weighted by Crippen LogP contribution is -2.50. The molecule has 1 saturated heterocycles. The van der Waals surface area contributed by atoms with Crippen LogP contribution in [0.25, 0.3) is 0 Å². The minimum atomic E-state index is -0.300. The Hall–Kier alpha value is -2.89. The van der Waals surface area contributed by atoms with Crippen LogP contribution in [0.1, 0.15) is 62.7 Å². The summed E-state index contributed by atoms with van der Waals surface area (Å²) >= 11 is 0. The van der Waals surface area contributed by atoms with Gasteiger partial charge in [0.1, 0.15) is 5.82 Å². The highest BCUT2D eigenvalue weighted by Gasteiger charge is 2.35. The van der Waals surface area contributed by atoms with Crippen LogP contribution in [0, 0.1) is 11.7 Å². The summed E-state index contributed by atoms with van der Waals surface area (Å²) in [6, 6.07) is 15.7. The third-order valence-corrected chi connectivity index (χ3v) is 5.93. The third-order valence-electron chi connectivity index (χ3n) is 5.93. The van der Waals surface area contributed by atoms with Crippen molar-refractivity contribution < 1.29 is 14.0 Å². The standard InChI is InChI=1S/C25H32FN3O2/c1-3-4-16-27-25(31)29-17-21(12-15-23(29)20-10-13-22(26)14-11-20)24(30)28-18(2)19-8-6-5-7-9-19/h5-11,13-14,18,21,23H,3-4,12,15-17H2,1-2H3,(H,27,31)(H,28,30)/t18-,21-,23-/m1/s1. The Bertz CT molecular complexity index is 857. The maximum absolute atomic E-state index is 13.4. The molecule has 0 aromatic heterocycles. The van der Waals surface area contributed by atoms with Crippen LogP contribution in [0.5, 0.6) is 0 Å². The molecule has 2 aromatic carbocycles. The van der Waals surface area contributed by atoms with Crippen molar-refractivity contribution >= 4 is 11.9 Å². The second-order valence-electron chi connectivity index (χ2n) is 8.22. The van der Waals surface area contributed by atoms with E-state index >= 15 is 0 Å². The summed E-state index contributed by atoms with van der Waals surface area (Å²) in [6.45, 7) is 4.98. The quantitative estimate of drug-likeness (QED) is 0.616. The Balaban J connectivity index is 1.71. The molecule has 0 unspecified atom stereocenters. The van der Waals surface area contributed by atoms with Crippen molar-refractivity contribution in [1.82, 2.24) is 15.5 Å². The van der Waals surface area contributed by atoms with Gasteiger partial charge in [-0.25, -0.2) is 9.18 Å². The lowest BCUT2D eigenvalue weighted by molar-refractivity contribution is -0.127. The second-order valence-corrected chi connectivity index (χ2v) is 8.22. The highest BCUT2D eigenvalue weighted by molar-refractivity contribution is 5.81. The molecule has 3 rings (SSSR count). The monoisotopic (exact) mass is 425 g/mol. The van der Waals surface area contributed by atoms with Gasteiger partial charge >= 0.3 is 6.03 Å². The van der Waals surface area contributed by atoms with Gasteiger partial charge < -0.3 is 15.5 Å². The molecule has 0 radical (unpaired) electrons. The largest absolute Gasteiger partial charge is 0.349 e. The summed E-state index contributed by atoms with van der Waals surface area (Å²) in [4.78, 5) is 27.7. The van der Waals surface area contributed by atoms with Crippen molar-refractivity contribution in [3.63, 3.8) is 0 Å². The van der Waals surface area contributed by atoms with Crippen LogP contribution >= 0.6 is 0 Å². The number of halogens is 1. The number of rotatable bonds is 7. The van der Waals surface area contributed by atoms with Gasteiger partial charge in [-0.3, -0.25) is 4.79 Å². The molecule has 166 valence electrons. The van der Waals surface area contributed by atoms with E-state index in [0.29, 0.717) is 25.9 Å². The molecular formula is C25H32FN3O2. The first kappa shape index (κ1) is 22.8. The van der Waals surface area contributed by atoms with Gasteiger partial charge in [-0.15, -0.1) is 0 Å². The first-order chi connectivity index (χ1) is 15.0. The zero-order valence-corrected chi connectivity index (χ0v) is 18.3. The van der Waals surface area contributed by atoms with E-state index in [1.165, 1.54) is 12.1 Å². The van der Waals surface area contributed by atoms with E-state index in [2.05, 4.69) is 17.6 Å². The Labute approximate surface area is 184 Å². The Morgan fingerprint density at radius 3 is 2.48 bits per heavy atom. The van der Waals surface area contributed by atoms with Gasteiger partial charge in [0.05, 0.1) is 18.0 Å². The zero-order valence-electron chi connectivity index (χ0n) is 18.3. The van der Waals surface area contributed by atoms with Crippen molar-refractivity contribution in [2.75, 3.05) is 13.1 Å². The van der Waals surface area contributed by atoms with Crippen LogP contribution in [-0.2, 0) is 4.79 Å². The van der Waals surface area contributed by atoms with Crippen LogP contribution in [0.2, 0.25) is 0 Å². The van der Waals surface area contributed by atoms with Crippen LogP contribution in [0.3, 0.4) is 0 Å². The summed E-state index contributed by atoms with van der Waals surface area (Å²) in [7, 11) is 0. The van der Waals surface area contributed by atoms with Gasteiger partial charge in [-0.1, -0.05) is 55.8 Å². The van der Waals surface area contributed by atoms with Gasteiger partial charge in [-0.05, 0) is 49.4 Å². The minimum Gasteiger partial charge on any atom is -0.349 e. The predicted molar refractivity (Wildman–Crippen MR) is 120 cm³/mol. The molecule has 0 spiro atoms. The second kappa shape index (κ2) is 10.9. The maximum atomic E-state index is 13.4. The number of benzene rings is 2. The van der Waals surface area contributed by atoms with Crippen molar-refractivity contribution in [1.29, 1.82) is 0 Å². The molecular weight excluding hydrogens is 393 g/mol. The fraction of sp³-hybridized carbons (Fsp3) is 0.440. The van der Waals surface area contributed by atoms with Gasteiger partial charge in [0, 0.05) is 13.1 Å². The van der Waals surface area contributed by atoms with E-state index in [9.17, 15) is 14.0 Å². The Morgan fingerprint density at radius 1 is 1.10 bits per heavy atom. The summed E-state index contributed by atoms with van der Waals surface area (Å²) in [5, 5.41) is 6.06. The van der Waals surface area contributed by atoms with E-state index in [1.807, 2.05) is 37.3 Å². The summed E-state index contributed by atoms with van der Waals surface area (Å²) < 4.78 is 13.4. The molecule has 31 heavy (non-hydrogen) atoms. The summed E-state index contributed by atoms with van der Waals surface area (Å²) in [6.07, 6.45) is 3.22. The number of likely N-dealkylation sites (tertiary alicyclic amines) is 1. The number of nitrogens with zero attached hydrogens (tertiary/aromatic N) is 1. The number of unbranched alkanes of at least 4 members (excludes halogenated alkanes) is 1. The summed E-state index contributed by atoms with van der Waals surface area (Å²) in [5.74, 6) is -0.620. The number of carbonyl (C=O) groups is 2. The molecule has 0 aliphatic carbocycles. The molecule has 3 amide bonds. The number of hydrogen-bond acceptors (Lipinski definition) is 2. The van der Waals surface area contributed by atoms with E-state index in [4.69, 9.17) is 0 Å². The topological polar surface area (TPSA) is 61.4 Å². The first-order valence-electron chi connectivity index (χ1n) is 11.1. The molecule has 1 aliphatic rings. The number of amides is 3. The molecule has 2 aromatic rings. The highest BCUT2D eigenvalue weighted by Crippen LogP contribution is 2.34. The van der Waals surface area contributed by atoms with Gasteiger partial charge in [0.25, 0.3) is 0 Å². The lowest BCUT2D eigenvalue weighted by Gasteiger charge is -2.39. The smallest absolute Gasteiger partial charge is 0.317 e. The van der Waals surface area contributed by atoms with E-state index in [0.717, 1.165) is 24.0 Å². The number of hydrogen-bond donors (Lipinski definition) is 2. The van der Waals surface area contributed by atoms with E-state index in [-0.39, 0.29) is 35.8 Å². The van der Waals surface area contributed by atoms with Crippen LogP contribution in [0.15, 0.2) is 54.6 Å². The van der Waals surface area contributed by atoms with Crippen molar-refractivity contribution in [2.45, 2.75) is 51.6 Å². The highest BCUT2D eigenvalue weighted by atomic mass is 19.1. The van der Waals surface area contributed by atoms with Crippen molar-refractivity contribution in [3.8, 4) is 0 Å². The molecule has 2 N–H and O–H groups in total. The van der Waals surface area contributed by atoms with Crippen molar-refractivity contribution in [2.24, 2.45) is 5.92 Å². The molecule has 0 saturated carbocycles. The molecule has 3 atom stereocenters. The average Bonchev–Trinajstić information content (AvgIpc) is 2.80. The van der Waals surface area contributed by atoms with Gasteiger partial charge in [-0.2, -0.15) is 0 Å². The van der Waals surface area contributed by atoms with Crippen LogP contribution in [-0.4, -0.2) is 29.9 Å². The molecule has 1 heterocycles. The number of urea groups is 1. The molecule has 6 heteroatoms. The van der Waals surface area contributed by atoms with Crippen molar-refractivity contribution in [3.05, 3.63) is 71.5 Å². The molecule has 0 bridgehead atoms.